The van der Waals surface area contributed by atoms with Crippen molar-refractivity contribution in [3.05, 3.63) is 0 Å². The van der Waals surface area contributed by atoms with Gasteiger partial charge in [-0.25, -0.2) is 0 Å². The van der Waals surface area contributed by atoms with Gasteiger partial charge in [-0.15, -0.1) is 0 Å². The lowest BCUT2D eigenvalue weighted by Gasteiger charge is -2.34. The maximum atomic E-state index is 13.1. The number of aliphatic hydroxyl groups is 1. The van der Waals surface area contributed by atoms with Gasteiger partial charge in [0.05, 0.1) is 12.0 Å². The van der Waals surface area contributed by atoms with E-state index in [2.05, 4.69) is 39.5 Å². The number of aliphatic hydroxyl groups excluding tert-OH is 1. The lowest BCUT2D eigenvalue weighted by molar-refractivity contribution is -0.159. The van der Waals surface area contributed by atoms with E-state index in [0.717, 1.165) is 64.6 Å². The summed E-state index contributed by atoms with van der Waals surface area (Å²) in [4.78, 5) is 15.6. The molecule has 0 spiro atoms. The second-order valence-corrected chi connectivity index (χ2v) is 10.0. The smallest absolute Gasteiger partial charge is 0.312 e. The molecule has 0 rings (SSSR count). The molecule has 0 aliphatic carbocycles. The van der Waals surface area contributed by atoms with Crippen LogP contribution in [0.15, 0.2) is 0 Å². The maximum absolute atomic E-state index is 13.1. The van der Waals surface area contributed by atoms with Crippen molar-refractivity contribution in [3.63, 3.8) is 0 Å². The predicted molar refractivity (Wildman–Crippen MR) is 138 cm³/mol. The van der Waals surface area contributed by atoms with Gasteiger partial charge in [0.25, 0.3) is 0 Å². The van der Waals surface area contributed by atoms with Gasteiger partial charge in [-0.05, 0) is 71.0 Å². The molecule has 0 saturated carbocycles. The van der Waals surface area contributed by atoms with Crippen LogP contribution in [0.4, 0.5) is 0 Å². The Bertz CT molecular complexity index is 429. The van der Waals surface area contributed by atoms with E-state index in [1.807, 2.05) is 0 Å². The largest absolute Gasteiger partial charge is 0.465 e. The summed E-state index contributed by atoms with van der Waals surface area (Å²) in [7, 11) is 0. The number of unbranched alkanes of at least 4 members (excludes halogenated alkanes) is 9. The van der Waals surface area contributed by atoms with Gasteiger partial charge in [0.1, 0.15) is 0 Å². The Morgan fingerprint density at radius 3 is 2.06 bits per heavy atom. The fourth-order valence-corrected chi connectivity index (χ4v) is 4.48. The van der Waals surface area contributed by atoms with E-state index in [1.54, 1.807) is 0 Å². The molecule has 0 aliphatic rings. The van der Waals surface area contributed by atoms with Crippen LogP contribution in [0.1, 0.15) is 131 Å². The number of nitrogens with zero attached hydrogens (tertiary/aromatic N) is 1. The zero-order chi connectivity index (χ0) is 24.1. The van der Waals surface area contributed by atoms with Crippen molar-refractivity contribution in [2.75, 3.05) is 32.8 Å². The fraction of sp³-hybridized carbons (Fsp3) is 0.964. The Balaban J connectivity index is 4.30. The number of rotatable bonds is 23. The molecule has 4 nitrogen and oxygen atoms in total. The summed E-state index contributed by atoms with van der Waals surface area (Å²) in [6.07, 6.45) is 17.1. The van der Waals surface area contributed by atoms with Crippen molar-refractivity contribution in [2.45, 2.75) is 131 Å². The summed E-state index contributed by atoms with van der Waals surface area (Å²) < 4.78 is 5.83. The molecule has 192 valence electrons. The minimum atomic E-state index is -0.336. The molecule has 0 fully saturated rings. The van der Waals surface area contributed by atoms with E-state index in [9.17, 15) is 4.79 Å². The van der Waals surface area contributed by atoms with Crippen molar-refractivity contribution in [1.29, 1.82) is 0 Å². The van der Waals surface area contributed by atoms with Crippen LogP contribution in [0.3, 0.4) is 0 Å². The maximum Gasteiger partial charge on any atom is 0.312 e. The van der Waals surface area contributed by atoms with Crippen LogP contribution in [0.2, 0.25) is 0 Å². The number of carbonyl (C=O) groups excluding carboxylic acids is 1. The molecule has 0 aliphatic heterocycles. The van der Waals surface area contributed by atoms with Crippen LogP contribution in [0.5, 0.6) is 0 Å². The average molecular weight is 456 g/mol. The Hall–Kier alpha value is -0.610. The number of hydrogen-bond acceptors (Lipinski definition) is 4. The van der Waals surface area contributed by atoms with Crippen LogP contribution in [-0.2, 0) is 9.53 Å². The topological polar surface area (TPSA) is 49.8 Å². The summed E-state index contributed by atoms with van der Waals surface area (Å²) in [5.41, 5.74) is -0.336. The number of esters is 1. The van der Waals surface area contributed by atoms with Crippen LogP contribution in [0.25, 0.3) is 0 Å². The van der Waals surface area contributed by atoms with Crippen LogP contribution in [0, 0.1) is 11.3 Å². The molecule has 4 heteroatoms. The average Bonchev–Trinajstić information content (AvgIpc) is 2.79. The van der Waals surface area contributed by atoms with Crippen molar-refractivity contribution < 1.29 is 14.6 Å². The third-order valence-electron chi connectivity index (χ3n) is 7.28. The van der Waals surface area contributed by atoms with E-state index in [1.165, 1.54) is 51.4 Å². The quantitative estimate of drug-likeness (QED) is 0.129. The molecule has 0 bridgehead atoms. The van der Waals surface area contributed by atoms with Crippen LogP contribution in [-0.4, -0.2) is 48.8 Å². The normalized spacial score (nSPS) is 14.5. The Kier molecular flexibility index (Phi) is 20.6. The first-order valence-corrected chi connectivity index (χ1v) is 14.0. The molecular formula is C28H57NO3. The van der Waals surface area contributed by atoms with E-state index in [0.29, 0.717) is 19.1 Å². The Morgan fingerprint density at radius 2 is 1.44 bits per heavy atom. The number of ether oxygens (including phenoxy) is 1. The van der Waals surface area contributed by atoms with Crippen LogP contribution >= 0.6 is 0 Å². The second kappa shape index (κ2) is 21.0. The minimum absolute atomic E-state index is 0.0408. The van der Waals surface area contributed by atoms with E-state index in [-0.39, 0.29) is 11.4 Å². The second-order valence-electron chi connectivity index (χ2n) is 10.0. The Labute approximate surface area is 200 Å². The molecule has 0 radical (unpaired) electrons. The molecule has 0 aromatic carbocycles. The van der Waals surface area contributed by atoms with Gasteiger partial charge in [-0.2, -0.15) is 0 Å². The van der Waals surface area contributed by atoms with Crippen molar-refractivity contribution in [1.82, 2.24) is 4.90 Å². The third-order valence-corrected chi connectivity index (χ3v) is 7.28. The molecule has 0 aromatic rings. The van der Waals surface area contributed by atoms with E-state index < -0.39 is 0 Å². The molecule has 2 atom stereocenters. The molecule has 0 heterocycles. The van der Waals surface area contributed by atoms with E-state index >= 15 is 0 Å². The third kappa shape index (κ3) is 14.5. The summed E-state index contributed by atoms with van der Waals surface area (Å²) in [6, 6.07) is 0. The lowest BCUT2D eigenvalue weighted by atomic mass is 9.72. The fourth-order valence-electron chi connectivity index (χ4n) is 4.48. The summed E-state index contributed by atoms with van der Waals surface area (Å²) in [6.45, 7) is 15.3. The molecule has 0 amide bonds. The molecule has 0 saturated heterocycles. The van der Waals surface area contributed by atoms with Crippen molar-refractivity contribution >= 4 is 5.97 Å². The number of hydrogen-bond donors (Lipinski definition) is 1. The first-order valence-electron chi connectivity index (χ1n) is 14.0. The standard InChI is InChI=1S/C28H57NO3/c1-6-9-11-15-21-28(5,26(4)20-14-10-7-2)27(31)32-25-19-13-12-16-22-29(8-3)23-17-18-24-30/h26,30H,6-25H2,1-5H3/t26-,28-/m0/s1. The highest BCUT2D eigenvalue weighted by molar-refractivity contribution is 5.76. The van der Waals surface area contributed by atoms with Crippen LogP contribution < -0.4 is 0 Å². The predicted octanol–water partition coefficient (Wildman–Crippen LogP) is 7.38. The summed E-state index contributed by atoms with van der Waals surface area (Å²) in [5.74, 6) is 0.424. The monoisotopic (exact) mass is 455 g/mol. The Morgan fingerprint density at radius 1 is 0.844 bits per heavy atom. The molecule has 1 N–H and O–H groups in total. The summed E-state index contributed by atoms with van der Waals surface area (Å²) in [5, 5.41) is 8.93. The first-order chi connectivity index (χ1) is 15.5. The molecule has 0 unspecified atom stereocenters. The summed E-state index contributed by atoms with van der Waals surface area (Å²) >= 11 is 0. The zero-order valence-corrected chi connectivity index (χ0v) is 22.4. The van der Waals surface area contributed by atoms with Gasteiger partial charge in [-0.1, -0.05) is 85.5 Å². The van der Waals surface area contributed by atoms with Crippen molar-refractivity contribution in [3.8, 4) is 0 Å². The molecule has 32 heavy (non-hydrogen) atoms. The highest BCUT2D eigenvalue weighted by Gasteiger charge is 2.39. The van der Waals surface area contributed by atoms with Gasteiger partial charge in [0, 0.05) is 6.61 Å². The van der Waals surface area contributed by atoms with Crippen molar-refractivity contribution in [2.24, 2.45) is 11.3 Å². The van der Waals surface area contributed by atoms with Gasteiger partial charge >= 0.3 is 5.97 Å². The van der Waals surface area contributed by atoms with Gasteiger partial charge < -0.3 is 14.7 Å². The highest BCUT2D eigenvalue weighted by Crippen LogP contribution is 2.38. The highest BCUT2D eigenvalue weighted by atomic mass is 16.5. The molecule has 0 aromatic heterocycles. The first kappa shape index (κ1) is 31.4. The minimum Gasteiger partial charge on any atom is -0.465 e. The van der Waals surface area contributed by atoms with Gasteiger partial charge in [0.2, 0.25) is 0 Å². The van der Waals surface area contributed by atoms with Gasteiger partial charge in [-0.3, -0.25) is 4.79 Å². The van der Waals surface area contributed by atoms with E-state index in [4.69, 9.17) is 9.84 Å². The lowest BCUT2D eigenvalue weighted by Crippen LogP contribution is -2.36. The molecular weight excluding hydrogens is 398 g/mol. The number of carbonyl (C=O) groups is 1. The zero-order valence-electron chi connectivity index (χ0n) is 22.4. The van der Waals surface area contributed by atoms with Gasteiger partial charge in [0.15, 0.2) is 0 Å². The SMILES string of the molecule is CCCCCC[C@](C)(C(=O)OCCCCCCN(CC)CCCCO)[C@@H](C)CCCCC.